The summed E-state index contributed by atoms with van der Waals surface area (Å²) in [5.41, 5.74) is 0.355. The minimum Gasteiger partial charge on any atom is -0.506 e. The number of nitrogens with zero attached hydrogens (tertiary/aromatic N) is 1. The molecule has 0 spiro atoms. The van der Waals surface area contributed by atoms with Crippen LogP contribution in [-0.2, 0) is 0 Å². The predicted molar refractivity (Wildman–Crippen MR) is 87.1 cm³/mol. The number of hydrogen-bond donors (Lipinski definition) is 1. The van der Waals surface area contributed by atoms with Gasteiger partial charge in [-0.3, -0.25) is 4.79 Å². The SMILES string of the molecule is CN(CCCCCCl)C(=O)c1ccc2ccccc2c1O. The number of carbonyl (C=O) groups excluding carboxylic acids is 1. The Hall–Kier alpha value is -1.74. The fourth-order valence-electron chi connectivity index (χ4n) is 2.36. The lowest BCUT2D eigenvalue weighted by atomic mass is 10.0. The van der Waals surface area contributed by atoms with E-state index in [2.05, 4.69) is 0 Å². The Balaban J connectivity index is 2.13. The van der Waals surface area contributed by atoms with Gasteiger partial charge in [0, 0.05) is 24.9 Å². The molecule has 0 bridgehead atoms. The van der Waals surface area contributed by atoms with Crippen LogP contribution < -0.4 is 0 Å². The summed E-state index contributed by atoms with van der Waals surface area (Å²) in [6.07, 6.45) is 2.89. The topological polar surface area (TPSA) is 40.5 Å². The van der Waals surface area contributed by atoms with Gasteiger partial charge in [-0.25, -0.2) is 0 Å². The van der Waals surface area contributed by atoms with Crippen molar-refractivity contribution >= 4 is 28.3 Å². The van der Waals surface area contributed by atoms with Crippen LogP contribution in [0.3, 0.4) is 0 Å². The van der Waals surface area contributed by atoms with Crippen molar-refractivity contribution in [1.82, 2.24) is 4.90 Å². The van der Waals surface area contributed by atoms with Crippen molar-refractivity contribution in [3.8, 4) is 5.75 Å². The number of aromatic hydroxyl groups is 1. The van der Waals surface area contributed by atoms with Crippen molar-refractivity contribution in [1.29, 1.82) is 0 Å². The molecule has 0 aliphatic carbocycles. The summed E-state index contributed by atoms with van der Waals surface area (Å²) in [7, 11) is 1.76. The Kier molecular flexibility index (Phi) is 5.45. The molecule has 0 aliphatic heterocycles. The van der Waals surface area contributed by atoms with Gasteiger partial charge >= 0.3 is 0 Å². The molecule has 21 heavy (non-hydrogen) atoms. The number of rotatable bonds is 6. The Morgan fingerprint density at radius 2 is 1.90 bits per heavy atom. The third-order valence-corrected chi connectivity index (χ3v) is 3.87. The highest BCUT2D eigenvalue weighted by Gasteiger charge is 2.17. The molecule has 4 heteroatoms. The maximum atomic E-state index is 12.4. The Labute approximate surface area is 130 Å². The number of unbranched alkanes of at least 4 members (excludes halogenated alkanes) is 2. The molecular weight excluding hydrogens is 286 g/mol. The van der Waals surface area contributed by atoms with Gasteiger partial charge < -0.3 is 10.0 Å². The average Bonchev–Trinajstić information content (AvgIpc) is 2.51. The number of alkyl halides is 1. The second kappa shape index (κ2) is 7.32. The van der Waals surface area contributed by atoms with E-state index in [0.717, 1.165) is 24.6 Å². The molecule has 0 heterocycles. The summed E-state index contributed by atoms with van der Waals surface area (Å²) in [4.78, 5) is 14.1. The molecule has 0 aliphatic rings. The van der Waals surface area contributed by atoms with Gasteiger partial charge in [0.05, 0.1) is 5.56 Å². The van der Waals surface area contributed by atoms with E-state index in [9.17, 15) is 9.90 Å². The third kappa shape index (κ3) is 3.67. The zero-order valence-corrected chi connectivity index (χ0v) is 12.9. The van der Waals surface area contributed by atoms with Crippen LogP contribution in [0.25, 0.3) is 10.8 Å². The van der Waals surface area contributed by atoms with Crippen LogP contribution >= 0.6 is 11.6 Å². The average molecular weight is 306 g/mol. The molecule has 1 N–H and O–H groups in total. The Bertz CT molecular complexity index is 627. The predicted octanol–water partition coefficient (Wildman–Crippen LogP) is 4.03. The van der Waals surface area contributed by atoms with Crippen molar-refractivity contribution in [2.75, 3.05) is 19.5 Å². The van der Waals surface area contributed by atoms with Gasteiger partial charge in [0.2, 0.25) is 0 Å². The van der Waals surface area contributed by atoms with Crippen LogP contribution in [0.4, 0.5) is 0 Å². The lowest BCUT2D eigenvalue weighted by molar-refractivity contribution is 0.0790. The number of amides is 1. The minimum atomic E-state index is -0.149. The molecule has 2 rings (SSSR count). The molecule has 0 saturated carbocycles. The zero-order chi connectivity index (χ0) is 15.2. The van der Waals surface area contributed by atoms with Crippen LogP contribution in [0.1, 0.15) is 29.6 Å². The highest BCUT2D eigenvalue weighted by atomic mass is 35.5. The molecule has 0 unspecified atom stereocenters. The first-order valence-corrected chi connectivity index (χ1v) is 7.70. The number of carbonyl (C=O) groups is 1. The van der Waals surface area contributed by atoms with E-state index >= 15 is 0 Å². The quantitative estimate of drug-likeness (QED) is 0.646. The van der Waals surface area contributed by atoms with Gasteiger partial charge in [-0.2, -0.15) is 0 Å². The monoisotopic (exact) mass is 305 g/mol. The zero-order valence-electron chi connectivity index (χ0n) is 12.2. The van der Waals surface area contributed by atoms with Gasteiger partial charge in [-0.1, -0.05) is 36.8 Å². The van der Waals surface area contributed by atoms with Gasteiger partial charge in [0.15, 0.2) is 0 Å². The molecule has 2 aromatic rings. The highest BCUT2D eigenvalue weighted by Crippen LogP contribution is 2.29. The molecule has 0 atom stereocenters. The minimum absolute atomic E-state index is 0.0608. The fourth-order valence-corrected chi connectivity index (χ4v) is 2.54. The van der Waals surface area contributed by atoms with Crippen LogP contribution in [-0.4, -0.2) is 35.4 Å². The number of phenolic OH excluding ortho intramolecular Hbond substituents is 1. The van der Waals surface area contributed by atoms with E-state index in [1.165, 1.54) is 0 Å². The molecule has 1 amide bonds. The molecule has 3 nitrogen and oxygen atoms in total. The lowest BCUT2D eigenvalue weighted by Crippen LogP contribution is -2.27. The Morgan fingerprint density at radius 1 is 1.14 bits per heavy atom. The molecule has 112 valence electrons. The molecule has 0 fully saturated rings. The summed E-state index contributed by atoms with van der Waals surface area (Å²) >= 11 is 5.64. The van der Waals surface area contributed by atoms with Crippen molar-refractivity contribution in [3.05, 3.63) is 42.0 Å². The van der Waals surface area contributed by atoms with E-state index in [-0.39, 0.29) is 11.7 Å². The van der Waals surface area contributed by atoms with E-state index < -0.39 is 0 Å². The fraction of sp³-hybridized carbons (Fsp3) is 0.353. The Morgan fingerprint density at radius 3 is 2.67 bits per heavy atom. The number of hydrogen-bond acceptors (Lipinski definition) is 2. The second-order valence-electron chi connectivity index (χ2n) is 5.16. The molecular formula is C17H20ClNO2. The van der Waals surface area contributed by atoms with Gasteiger partial charge in [0.1, 0.15) is 5.75 Å². The molecule has 0 saturated heterocycles. The van der Waals surface area contributed by atoms with Crippen molar-refractivity contribution in [3.63, 3.8) is 0 Å². The van der Waals surface area contributed by atoms with E-state index in [1.54, 1.807) is 18.0 Å². The molecule has 2 aromatic carbocycles. The van der Waals surface area contributed by atoms with Crippen LogP contribution in [0.5, 0.6) is 5.75 Å². The molecule has 0 aromatic heterocycles. The number of benzene rings is 2. The first-order valence-electron chi connectivity index (χ1n) is 7.17. The summed E-state index contributed by atoms with van der Waals surface area (Å²) in [6.45, 7) is 0.669. The van der Waals surface area contributed by atoms with E-state index in [1.807, 2.05) is 30.3 Å². The van der Waals surface area contributed by atoms with Gasteiger partial charge in [-0.05, 0) is 24.3 Å². The summed E-state index contributed by atoms with van der Waals surface area (Å²) in [5.74, 6) is 0.568. The smallest absolute Gasteiger partial charge is 0.257 e. The van der Waals surface area contributed by atoms with E-state index in [0.29, 0.717) is 23.4 Å². The van der Waals surface area contributed by atoms with Crippen molar-refractivity contribution < 1.29 is 9.90 Å². The van der Waals surface area contributed by atoms with Crippen molar-refractivity contribution in [2.45, 2.75) is 19.3 Å². The van der Waals surface area contributed by atoms with Crippen LogP contribution in [0, 0.1) is 0 Å². The maximum Gasteiger partial charge on any atom is 0.257 e. The van der Waals surface area contributed by atoms with Gasteiger partial charge in [0.25, 0.3) is 5.91 Å². The third-order valence-electron chi connectivity index (χ3n) is 3.60. The summed E-state index contributed by atoms with van der Waals surface area (Å²) in [6, 6.07) is 11.1. The van der Waals surface area contributed by atoms with Crippen LogP contribution in [0.2, 0.25) is 0 Å². The summed E-state index contributed by atoms with van der Waals surface area (Å²) < 4.78 is 0. The first kappa shape index (κ1) is 15.6. The highest BCUT2D eigenvalue weighted by molar-refractivity contribution is 6.17. The van der Waals surface area contributed by atoms with Crippen LogP contribution in [0.15, 0.2) is 36.4 Å². The maximum absolute atomic E-state index is 12.4. The standard InChI is InChI=1S/C17H20ClNO2/c1-19(12-6-2-5-11-18)17(21)15-10-9-13-7-3-4-8-14(13)16(15)20/h3-4,7-10,20H,2,5-6,11-12H2,1H3. The summed E-state index contributed by atoms with van der Waals surface area (Å²) in [5, 5.41) is 11.9. The normalized spacial score (nSPS) is 10.8. The van der Waals surface area contributed by atoms with E-state index in [4.69, 9.17) is 11.6 Å². The largest absolute Gasteiger partial charge is 0.506 e. The number of halogens is 1. The van der Waals surface area contributed by atoms with Crippen molar-refractivity contribution in [2.24, 2.45) is 0 Å². The van der Waals surface area contributed by atoms with Gasteiger partial charge in [-0.15, -0.1) is 11.6 Å². The lowest BCUT2D eigenvalue weighted by Gasteiger charge is -2.18. The first-order chi connectivity index (χ1) is 10.1. The second-order valence-corrected chi connectivity index (χ2v) is 5.54. The number of phenols is 1. The molecule has 0 radical (unpaired) electrons. The number of fused-ring (bicyclic) bond motifs is 1.